The van der Waals surface area contributed by atoms with Crippen molar-refractivity contribution in [3.63, 3.8) is 0 Å². The van der Waals surface area contributed by atoms with E-state index < -0.39 is 0 Å². The molecule has 0 atom stereocenters. The molecule has 0 saturated heterocycles. The van der Waals surface area contributed by atoms with Crippen LogP contribution in [0.15, 0.2) is 55.1 Å². The van der Waals surface area contributed by atoms with Gasteiger partial charge in [-0.25, -0.2) is 0 Å². The fourth-order valence-corrected chi connectivity index (χ4v) is 2.57. The maximum absolute atomic E-state index is 12.2. The molecule has 0 spiro atoms. The van der Waals surface area contributed by atoms with Crippen LogP contribution in [0.3, 0.4) is 0 Å². The summed E-state index contributed by atoms with van der Waals surface area (Å²) in [5.41, 5.74) is 2.73. The van der Waals surface area contributed by atoms with E-state index in [0.29, 0.717) is 24.7 Å². The van der Waals surface area contributed by atoms with Gasteiger partial charge in [0, 0.05) is 17.3 Å². The number of nitrogens with one attached hydrogen (secondary N) is 1. The second kappa shape index (κ2) is 9.25. The standard InChI is InChI=1S/C20H23ClN2O2/c1-4-12-25-17-10-8-16(9-11-17)13-23(3)14-20(24)22-19-7-5-6-18(21)15(19)2/h4-11H,1,12-14H2,2-3H3,(H,22,24). The van der Waals surface area contributed by atoms with E-state index in [1.54, 1.807) is 12.1 Å². The smallest absolute Gasteiger partial charge is 0.238 e. The number of carbonyl (C=O) groups is 1. The summed E-state index contributed by atoms with van der Waals surface area (Å²) in [6.45, 7) is 6.96. The van der Waals surface area contributed by atoms with Crippen LogP contribution >= 0.6 is 11.6 Å². The summed E-state index contributed by atoms with van der Waals surface area (Å²) < 4.78 is 5.46. The number of rotatable bonds is 8. The molecule has 2 aromatic rings. The normalized spacial score (nSPS) is 10.6. The first kappa shape index (κ1) is 19.0. The van der Waals surface area contributed by atoms with Crippen LogP contribution in [0.1, 0.15) is 11.1 Å². The van der Waals surface area contributed by atoms with Crippen LogP contribution in [0.4, 0.5) is 5.69 Å². The summed E-state index contributed by atoms with van der Waals surface area (Å²) in [4.78, 5) is 14.2. The Balaban J connectivity index is 1.86. The minimum absolute atomic E-state index is 0.0706. The lowest BCUT2D eigenvalue weighted by Gasteiger charge is -2.17. The van der Waals surface area contributed by atoms with Gasteiger partial charge in [0.1, 0.15) is 12.4 Å². The lowest BCUT2D eigenvalue weighted by Crippen LogP contribution is -2.30. The van der Waals surface area contributed by atoms with E-state index >= 15 is 0 Å². The van der Waals surface area contributed by atoms with Gasteiger partial charge in [0.05, 0.1) is 6.54 Å². The Kier molecular flexibility index (Phi) is 7.04. The lowest BCUT2D eigenvalue weighted by atomic mass is 10.2. The van der Waals surface area contributed by atoms with Crippen molar-refractivity contribution < 1.29 is 9.53 Å². The van der Waals surface area contributed by atoms with Gasteiger partial charge in [0.25, 0.3) is 0 Å². The van der Waals surface area contributed by atoms with Crippen LogP contribution in [0.5, 0.6) is 5.75 Å². The van der Waals surface area contributed by atoms with Gasteiger partial charge in [0.2, 0.25) is 5.91 Å². The Bertz CT molecular complexity index is 729. The Labute approximate surface area is 154 Å². The van der Waals surface area contributed by atoms with Gasteiger partial charge >= 0.3 is 0 Å². The maximum Gasteiger partial charge on any atom is 0.238 e. The summed E-state index contributed by atoms with van der Waals surface area (Å²) >= 11 is 6.08. The number of benzene rings is 2. The number of nitrogens with zero attached hydrogens (tertiary/aromatic N) is 1. The molecular weight excluding hydrogens is 336 g/mol. The molecule has 0 fully saturated rings. The first-order valence-corrected chi connectivity index (χ1v) is 8.43. The van der Waals surface area contributed by atoms with Crippen molar-refractivity contribution >= 4 is 23.2 Å². The van der Waals surface area contributed by atoms with Crippen molar-refractivity contribution in [1.82, 2.24) is 4.90 Å². The second-order valence-corrected chi connectivity index (χ2v) is 6.28. The molecule has 1 amide bonds. The molecule has 1 N–H and O–H groups in total. The summed E-state index contributed by atoms with van der Waals surface area (Å²) in [5.74, 6) is 0.735. The summed E-state index contributed by atoms with van der Waals surface area (Å²) in [6, 6.07) is 13.3. The molecule has 0 aliphatic rings. The van der Waals surface area contributed by atoms with Crippen LogP contribution < -0.4 is 10.1 Å². The minimum Gasteiger partial charge on any atom is -0.490 e. The van der Waals surface area contributed by atoms with Crippen molar-refractivity contribution in [3.8, 4) is 5.75 Å². The first-order chi connectivity index (χ1) is 12.0. The highest BCUT2D eigenvalue weighted by Crippen LogP contribution is 2.22. The molecule has 0 unspecified atom stereocenters. The molecule has 132 valence electrons. The first-order valence-electron chi connectivity index (χ1n) is 8.05. The van der Waals surface area contributed by atoms with Crippen molar-refractivity contribution in [2.45, 2.75) is 13.5 Å². The highest BCUT2D eigenvalue weighted by Gasteiger charge is 2.10. The van der Waals surface area contributed by atoms with Crippen molar-refractivity contribution in [1.29, 1.82) is 0 Å². The van der Waals surface area contributed by atoms with Crippen LogP contribution in [0, 0.1) is 6.92 Å². The maximum atomic E-state index is 12.2. The van der Waals surface area contributed by atoms with Crippen LogP contribution in [-0.4, -0.2) is 31.0 Å². The van der Waals surface area contributed by atoms with Gasteiger partial charge in [-0.15, -0.1) is 0 Å². The third-order valence-corrected chi connectivity index (χ3v) is 4.11. The van der Waals surface area contributed by atoms with E-state index in [2.05, 4.69) is 11.9 Å². The van der Waals surface area contributed by atoms with Gasteiger partial charge in [0.15, 0.2) is 0 Å². The number of halogens is 1. The summed E-state index contributed by atoms with van der Waals surface area (Å²) in [7, 11) is 1.91. The van der Waals surface area contributed by atoms with E-state index in [4.69, 9.17) is 16.3 Å². The molecule has 5 heteroatoms. The van der Waals surface area contributed by atoms with Crippen molar-refractivity contribution in [2.75, 3.05) is 25.5 Å². The van der Waals surface area contributed by atoms with Gasteiger partial charge in [-0.2, -0.15) is 0 Å². The van der Waals surface area contributed by atoms with E-state index in [9.17, 15) is 4.79 Å². The molecule has 2 aromatic carbocycles. The SMILES string of the molecule is C=CCOc1ccc(CN(C)CC(=O)Nc2cccc(Cl)c2C)cc1. The number of likely N-dealkylation sites (N-methyl/N-ethyl adjacent to an activating group) is 1. The molecule has 0 radical (unpaired) electrons. The molecule has 25 heavy (non-hydrogen) atoms. The molecule has 0 aliphatic carbocycles. The van der Waals surface area contributed by atoms with Gasteiger partial charge in [-0.3, -0.25) is 9.69 Å². The van der Waals surface area contributed by atoms with Crippen LogP contribution in [-0.2, 0) is 11.3 Å². The third-order valence-electron chi connectivity index (χ3n) is 3.70. The Hall–Kier alpha value is -2.30. The van der Waals surface area contributed by atoms with E-state index in [-0.39, 0.29) is 5.91 Å². The predicted molar refractivity (Wildman–Crippen MR) is 103 cm³/mol. The molecule has 0 aromatic heterocycles. The largest absolute Gasteiger partial charge is 0.490 e. The fraction of sp³-hybridized carbons (Fsp3) is 0.250. The number of hydrogen-bond acceptors (Lipinski definition) is 3. The van der Waals surface area contributed by atoms with E-state index in [1.807, 2.05) is 55.3 Å². The fourth-order valence-electron chi connectivity index (χ4n) is 2.39. The molecule has 4 nitrogen and oxygen atoms in total. The molecule has 0 aliphatic heterocycles. The van der Waals surface area contributed by atoms with Gasteiger partial charge < -0.3 is 10.1 Å². The van der Waals surface area contributed by atoms with E-state index in [1.165, 1.54) is 0 Å². The molecule has 0 heterocycles. The van der Waals surface area contributed by atoms with Crippen molar-refractivity contribution in [3.05, 3.63) is 71.3 Å². The predicted octanol–water partition coefficient (Wildman–Crippen LogP) is 4.28. The number of hydrogen-bond donors (Lipinski definition) is 1. The molecular formula is C20H23ClN2O2. The molecule has 0 saturated carbocycles. The Morgan fingerprint density at radius 3 is 2.68 bits per heavy atom. The zero-order chi connectivity index (χ0) is 18.2. The average molecular weight is 359 g/mol. The topological polar surface area (TPSA) is 41.6 Å². The summed E-state index contributed by atoms with van der Waals surface area (Å²) in [6.07, 6.45) is 1.71. The quantitative estimate of drug-likeness (QED) is 0.716. The number of anilines is 1. The van der Waals surface area contributed by atoms with Crippen molar-refractivity contribution in [2.24, 2.45) is 0 Å². The zero-order valence-electron chi connectivity index (χ0n) is 14.6. The average Bonchev–Trinajstić information content (AvgIpc) is 2.58. The Morgan fingerprint density at radius 2 is 2.00 bits per heavy atom. The minimum atomic E-state index is -0.0706. The van der Waals surface area contributed by atoms with Crippen LogP contribution in [0.25, 0.3) is 0 Å². The third kappa shape index (κ3) is 5.93. The monoisotopic (exact) mass is 358 g/mol. The number of amides is 1. The molecule has 2 rings (SSSR count). The Morgan fingerprint density at radius 1 is 1.28 bits per heavy atom. The zero-order valence-corrected chi connectivity index (χ0v) is 15.3. The highest BCUT2D eigenvalue weighted by atomic mass is 35.5. The van der Waals surface area contributed by atoms with Gasteiger partial charge in [-0.1, -0.05) is 42.5 Å². The highest BCUT2D eigenvalue weighted by molar-refractivity contribution is 6.31. The van der Waals surface area contributed by atoms with Gasteiger partial charge in [-0.05, 0) is 49.4 Å². The van der Waals surface area contributed by atoms with E-state index in [0.717, 1.165) is 22.6 Å². The number of carbonyl (C=O) groups excluding carboxylic acids is 1. The second-order valence-electron chi connectivity index (χ2n) is 5.88. The molecule has 0 bridgehead atoms. The summed E-state index contributed by atoms with van der Waals surface area (Å²) in [5, 5.41) is 3.55. The number of ether oxygens (including phenoxy) is 1. The lowest BCUT2D eigenvalue weighted by molar-refractivity contribution is -0.117. The van der Waals surface area contributed by atoms with Crippen LogP contribution in [0.2, 0.25) is 5.02 Å².